The van der Waals surface area contributed by atoms with Gasteiger partial charge in [-0.1, -0.05) is 44.4 Å². The smallest absolute Gasteiger partial charge is 0.132 e. The summed E-state index contributed by atoms with van der Waals surface area (Å²) in [6.45, 7) is 14.5. The van der Waals surface area contributed by atoms with Crippen molar-refractivity contribution < 1.29 is 4.79 Å². The molecule has 0 saturated carbocycles. The third-order valence-corrected chi connectivity index (χ3v) is 2.16. The zero-order chi connectivity index (χ0) is 13.5. The minimum atomic E-state index is 0.359. The number of allylic oxidation sites excluding steroid dienone is 5. The van der Waals surface area contributed by atoms with E-state index in [0.29, 0.717) is 12.2 Å². The molecule has 0 radical (unpaired) electrons. The monoisotopic (exact) mass is 234 g/mol. The average molecular weight is 234 g/mol. The minimum Gasteiger partial charge on any atom is -0.300 e. The number of carbonyl (C=O) groups excluding carboxylic acids is 1. The van der Waals surface area contributed by atoms with Crippen molar-refractivity contribution in [3.8, 4) is 0 Å². The molecule has 0 bridgehead atoms. The summed E-state index contributed by atoms with van der Waals surface area (Å²) >= 11 is 0. The van der Waals surface area contributed by atoms with Crippen LogP contribution < -0.4 is 0 Å². The summed E-state index contributed by atoms with van der Waals surface area (Å²) in [7, 11) is 0. The highest BCUT2D eigenvalue weighted by molar-refractivity contribution is 5.77. The van der Waals surface area contributed by atoms with E-state index in [2.05, 4.69) is 19.7 Å². The molecule has 0 rings (SSSR count). The Morgan fingerprint density at radius 2 is 1.65 bits per heavy atom. The van der Waals surface area contributed by atoms with Gasteiger partial charge in [-0.25, -0.2) is 0 Å². The molecule has 0 unspecified atom stereocenters. The van der Waals surface area contributed by atoms with Crippen LogP contribution >= 0.6 is 0 Å². The summed E-state index contributed by atoms with van der Waals surface area (Å²) in [6, 6.07) is 0. The number of hydrogen-bond acceptors (Lipinski definition) is 1. The van der Waals surface area contributed by atoms with Crippen LogP contribution in [0.25, 0.3) is 0 Å². The summed E-state index contributed by atoms with van der Waals surface area (Å²) in [5.41, 5.74) is 1.20. The van der Waals surface area contributed by atoms with Crippen molar-refractivity contribution in [3.05, 3.63) is 49.6 Å². The zero-order valence-corrected chi connectivity index (χ0v) is 11.4. The number of hydrogen-bond donors (Lipinski definition) is 0. The molecule has 0 aromatic rings. The summed E-state index contributed by atoms with van der Waals surface area (Å²) in [5, 5.41) is 0. The molecule has 0 aliphatic heterocycles. The molecule has 0 N–H and O–H groups in total. The van der Waals surface area contributed by atoms with Gasteiger partial charge in [0.25, 0.3) is 0 Å². The van der Waals surface area contributed by atoms with Gasteiger partial charge < -0.3 is 0 Å². The van der Waals surface area contributed by atoms with E-state index in [1.807, 2.05) is 26.0 Å². The molecule has 0 aliphatic carbocycles. The van der Waals surface area contributed by atoms with Gasteiger partial charge in [-0.2, -0.15) is 0 Å². The highest BCUT2D eigenvalue weighted by Crippen LogP contribution is 2.10. The molecular formula is C16H26O. The molecule has 1 nitrogen and oxygen atoms in total. The van der Waals surface area contributed by atoms with Crippen molar-refractivity contribution in [2.24, 2.45) is 0 Å². The van der Waals surface area contributed by atoms with Crippen LogP contribution in [0, 0.1) is 0 Å². The van der Waals surface area contributed by atoms with Crippen LogP contribution in [0.1, 0.15) is 46.0 Å². The number of carbonyl (C=O) groups is 1. The third kappa shape index (κ3) is 14.6. The van der Waals surface area contributed by atoms with Gasteiger partial charge in [0.15, 0.2) is 0 Å². The Kier molecular flexibility index (Phi) is 15.5. The lowest BCUT2D eigenvalue weighted by molar-refractivity contribution is -0.118. The summed E-state index contributed by atoms with van der Waals surface area (Å²) in [5.74, 6) is 0.359. The molecule has 96 valence electrons. The van der Waals surface area contributed by atoms with Crippen molar-refractivity contribution in [1.29, 1.82) is 0 Å². The first-order valence-electron chi connectivity index (χ1n) is 6.18. The molecule has 0 spiro atoms. The lowest BCUT2D eigenvalue weighted by Gasteiger charge is -2.00. The average Bonchev–Trinajstić information content (AvgIpc) is 2.33. The second-order valence-electron chi connectivity index (χ2n) is 3.69. The van der Waals surface area contributed by atoms with E-state index in [-0.39, 0.29) is 0 Å². The first-order valence-corrected chi connectivity index (χ1v) is 6.18. The van der Waals surface area contributed by atoms with Crippen molar-refractivity contribution in [2.75, 3.05) is 0 Å². The first kappa shape index (κ1) is 18.0. The van der Waals surface area contributed by atoms with Crippen LogP contribution in [0.4, 0.5) is 0 Å². The highest BCUT2D eigenvalue weighted by Gasteiger charge is 1.98. The maximum Gasteiger partial charge on any atom is 0.132 e. The van der Waals surface area contributed by atoms with Crippen molar-refractivity contribution in [3.63, 3.8) is 0 Å². The number of ketones is 1. The zero-order valence-electron chi connectivity index (χ0n) is 11.4. The van der Waals surface area contributed by atoms with Gasteiger partial charge in [-0.05, 0) is 31.8 Å². The van der Waals surface area contributed by atoms with Crippen molar-refractivity contribution >= 4 is 5.78 Å². The molecular weight excluding hydrogens is 208 g/mol. The van der Waals surface area contributed by atoms with Crippen LogP contribution in [-0.4, -0.2) is 5.78 Å². The SMILES string of the molecule is C=C/C=C(\C=C)CCCCC(=O)CC.C=CC. The predicted molar refractivity (Wildman–Crippen MR) is 78.1 cm³/mol. The van der Waals surface area contributed by atoms with Gasteiger partial charge in [0.1, 0.15) is 5.78 Å². The Bertz CT molecular complexity index is 259. The second kappa shape index (κ2) is 14.6. The Labute approximate surface area is 107 Å². The number of rotatable bonds is 8. The van der Waals surface area contributed by atoms with Crippen LogP contribution in [0.3, 0.4) is 0 Å². The Morgan fingerprint density at radius 3 is 2.06 bits per heavy atom. The van der Waals surface area contributed by atoms with E-state index in [1.165, 1.54) is 5.57 Å². The van der Waals surface area contributed by atoms with Gasteiger partial charge in [0, 0.05) is 12.8 Å². The highest BCUT2D eigenvalue weighted by atomic mass is 16.1. The third-order valence-electron chi connectivity index (χ3n) is 2.16. The van der Waals surface area contributed by atoms with E-state index in [0.717, 1.165) is 25.7 Å². The Morgan fingerprint density at radius 1 is 1.12 bits per heavy atom. The normalized spacial score (nSPS) is 9.88. The number of unbranched alkanes of at least 4 members (excludes halogenated alkanes) is 1. The van der Waals surface area contributed by atoms with Crippen molar-refractivity contribution in [1.82, 2.24) is 0 Å². The number of Topliss-reactive ketones (excluding diaryl/α,β-unsaturated/α-hetero) is 1. The Hall–Kier alpha value is -1.37. The summed E-state index contributed by atoms with van der Waals surface area (Å²) in [4.78, 5) is 11.0. The van der Waals surface area contributed by atoms with Crippen LogP contribution in [0.15, 0.2) is 49.6 Å². The maximum atomic E-state index is 11.0. The largest absolute Gasteiger partial charge is 0.300 e. The van der Waals surface area contributed by atoms with Crippen molar-refractivity contribution in [2.45, 2.75) is 46.0 Å². The van der Waals surface area contributed by atoms with Gasteiger partial charge in [-0.3, -0.25) is 4.79 Å². The van der Waals surface area contributed by atoms with E-state index in [4.69, 9.17) is 0 Å². The lowest BCUT2D eigenvalue weighted by atomic mass is 10.1. The fourth-order valence-corrected chi connectivity index (χ4v) is 1.23. The van der Waals surface area contributed by atoms with E-state index >= 15 is 0 Å². The quantitative estimate of drug-likeness (QED) is 0.327. The molecule has 17 heavy (non-hydrogen) atoms. The fourth-order valence-electron chi connectivity index (χ4n) is 1.23. The molecule has 0 aromatic heterocycles. The van der Waals surface area contributed by atoms with Gasteiger partial charge in [0.2, 0.25) is 0 Å². The van der Waals surface area contributed by atoms with Gasteiger partial charge in [-0.15, -0.1) is 6.58 Å². The first-order chi connectivity index (χ1) is 8.15. The molecule has 0 fully saturated rings. The standard InChI is InChI=1S/C13H20O.C3H6/c1-4-9-12(5-2)10-7-8-11-13(14)6-3;1-3-2/h4-5,9H,1-2,6-8,10-11H2,3H3;3H,1H2,2H3/b12-9+;. The molecule has 0 saturated heterocycles. The molecule has 1 heteroatoms. The van der Waals surface area contributed by atoms with Crippen LogP contribution in [0.2, 0.25) is 0 Å². The fraction of sp³-hybridized carbons (Fsp3) is 0.438. The second-order valence-corrected chi connectivity index (χ2v) is 3.69. The molecule has 0 aliphatic rings. The van der Waals surface area contributed by atoms with E-state index in [1.54, 1.807) is 12.2 Å². The summed E-state index contributed by atoms with van der Waals surface area (Å²) in [6.07, 6.45) is 11.7. The van der Waals surface area contributed by atoms with Crippen LogP contribution in [0.5, 0.6) is 0 Å². The molecule has 0 aromatic carbocycles. The van der Waals surface area contributed by atoms with E-state index in [9.17, 15) is 4.79 Å². The van der Waals surface area contributed by atoms with Gasteiger partial charge in [0.05, 0.1) is 0 Å². The van der Waals surface area contributed by atoms with Crippen LogP contribution in [-0.2, 0) is 4.79 Å². The maximum absolute atomic E-state index is 11.0. The van der Waals surface area contributed by atoms with Gasteiger partial charge >= 0.3 is 0 Å². The molecule has 0 amide bonds. The predicted octanol–water partition coefficient (Wildman–Crippen LogP) is 5.02. The molecule has 0 heterocycles. The summed E-state index contributed by atoms with van der Waals surface area (Å²) < 4.78 is 0. The van der Waals surface area contributed by atoms with E-state index < -0.39 is 0 Å². The minimum absolute atomic E-state index is 0.359. The molecule has 0 atom stereocenters. The lowest BCUT2D eigenvalue weighted by Crippen LogP contribution is -1.94. The topological polar surface area (TPSA) is 17.1 Å². The Balaban J connectivity index is 0.